The molecule has 1 aliphatic rings. The summed E-state index contributed by atoms with van der Waals surface area (Å²) in [5, 5.41) is 1.63. The van der Waals surface area contributed by atoms with Crippen molar-refractivity contribution in [2.75, 3.05) is 0 Å². The summed E-state index contributed by atoms with van der Waals surface area (Å²) in [6.45, 7) is 2.01. The van der Waals surface area contributed by atoms with Gasteiger partial charge in [0.2, 0.25) is 0 Å². The molecular formula is C9H14N2. The normalized spacial score (nSPS) is 29.3. The van der Waals surface area contributed by atoms with E-state index in [0.29, 0.717) is 0 Å². The summed E-state index contributed by atoms with van der Waals surface area (Å²) in [5.41, 5.74) is 1.10. The number of hydrogen-bond donors (Lipinski definition) is 1. The van der Waals surface area contributed by atoms with Crippen molar-refractivity contribution in [1.82, 2.24) is 5.01 Å². The molecule has 2 heteroatoms. The highest BCUT2D eigenvalue weighted by Crippen LogP contribution is 2.04. The predicted octanol–water partition coefficient (Wildman–Crippen LogP) is 1.93. The molecule has 0 fully saturated rings. The predicted molar refractivity (Wildman–Crippen MR) is 47.3 cm³/mol. The van der Waals surface area contributed by atoms with Crippen LogP contribution in [0.15, 0.2) is 36.2 Å². The van der Waals surface area contributed by atoms with Crippen molar-refractivity contribution in [1.29, 1.82) is 0 Å². The first-order valence-electron chi connectivity index (χ1n) is 3.85. The minimum absolute atomic E-state index is 1.07. The van der Waals surface area contributed by atoms with Crippen molar-refractivity contribution in [3.05, 3.63) is 36.2 Å². The highest BCUT2D eigenvalue weighted by molar-refractivity contribution is 5.09. The summed E-state index contributed by atoms with van der Waals surface area (Å²) in [6, 6.07) is 0. The maximum Gasteiger partial charge on any atom is 0.0271 e. The zero-order chi connectivity index (χ0) is 8.10. The summed E-state index contributed by atoms with van der Waals surface area (Å²) >= 11 is 0. The standard InChI is InChI=1S/C9H14N2/c1-9-7-5-3-2-4-6-8-11(9)10/h2,4,6-8H,3,5,10H2,1H3/b4-2+,8-6-,9-7+. The van der Waals surface area contributed by atoms with Gasteiger partial charge >= 0.3 is 0 Å². The van der Waals surface area contributed by atoms with E-state index in [-0.39, 0.29) is 0 Å². The summed E-state index contributed by atoms with van der Waals surface area (Å²) in [4.78, 5) is 0. The van der Waals surface area contributed by atoms with Crippen molar-refractivity contribution in [2.45, 2.75) is 19.8 Å². The van der Waals surface area contributed by atoms with Gasteiger partial charge in [0.1, 0.15) is 0 Å². The number of nitrogens with zero attached hydrogens (tertiary/aromatic N) is 1. The Labute approximate surface area is 67.7 Å². The molecule has 1 rings (SSSR count). The minimum atomic E-state index is 1.07. The van der Waals surface area contributed by atoms with Crippen LogP contribution in [0.5, 0.6) is 0 Å². The van der Waals surface area contributed by atoms with Crippen LogP contribution in [-0.4, -0.2) is 5.01 Å². The maximum atomic E-state index is 5.66. The van der Waals surface area contributed by atoms with Crippen LogP contribution in [0.3, 0.4) is 0 Å². The highest BCUT2D eigenvalue weighted by Gasteiger charge is 1.93. The average molecular weight is 150 g/mol. The van der Waals surface area contributed by atoms with Gasteiger partial charge in [-0.1, -0.05) is 18.2 Å². The molecule has 2 N–H and O–H groups in total. The second-order valence-corrected chi connectivity index (χ2v) is 2.60. The van der Waals surface area contributed by atoms with Gasteiger partial charge in [-0.05, 0) is 25.8 Å². The largest absolute Gasteiger partial charge is 0.292 e. The van der Waals surface area contributed by atoms with Crippen LogP contribution in [0, 0.1) is 0 Å². The van der Waals surface area contributed by atoms with Gasteiger partial charge in [0.25, 0.3) is 0 Å². The van der Waals surface area contributed by atoms with Crippen LogP contribution in [-0.2, 0) is 0 Å². The van der Waals surface area contributed by atoms with E-state index in [2.05, 4.69) is 12.2 Å². The van der Waals surface area contributed by atoms with E-state index in [1.54, 1.807) is 5.01 Å². The van der Waals surface area contributed by atoms with Crippen LogP contribution in [0.4, 0.5) is 0 Å². The molecule has 0 aromatic carbocycles. The van der Waals surface area contributed by atoms with Gasteiger partial charge in [0.15, 0.2) is 0 Å². The average Bonchev–Trinajstić information content (AvgIpc) is 2.07. The molecule has 0 saturated heterocycles. The van der Waals surface area contributed by atoms with E-state index in [1.165, 1.54) is 0 Å². The second kappa shape index (κ2) is 3.98. The molecule has 0 aliphatic carbocycles. The Bertz CT molecular complexity index is 202. The van der Waals surface area contributed by atoms with Crippen LogP contribution in [0.25, 0.3) is 0 Å². The summed E-state index contributed by atoms with van der Waals surface area (Å²) in [6.07, 6.45) is 12.3. The van der Waals surface area contributed by atoms with Crippen molar-refractivity contribution >= 4 is 0 Å². The number of hydrazine groups is 1. The molecule has 0 aromatic rings. The number of nitrogens with two attached hydrogens (primary N) is 1. The molecule has 0 amide bonds. The zero-order valence-electron chi connectivity index (χ0n) is 6.83. The van der Waals surface area contributed by atoms with Crippen molar-refractivity contribution in [3.8, 4) is 0 Å². The van der Waals surface area contributed by atoms with E-state index >= 15 is 0 Å². The fraction of sp³-hybridized carbons (Fsp3) is 0.333. The fourth-order valence-corrected chi connectivity index (χ4v) is 0.929. The van der Waals surface area contributed by atoms with Gasteiger partial charge < -0.3 is 0 Å². The van der Waals surface area contributed by atoms with Crippen molar-refractivity contribution < 1.29 is 0 Å². The zero-order valence-corrected chi connectivity index (χ0v) is 6.83. The Balaban J connectivity index is 2.69. The van der Waals surface area contributed by atoms with E-state index in [4.69, 9.17) is 5.84 Å². The van der Waals surface area contributed by atoms with Gasteiger partial charge in [-0.15, -0.1) is 0 Å². The molecule has 1 heterocycles. The molecular weight excluding hydrogens is 136 g/mol. The van der Waals surface area contributed by atoms with E-state index in [9.17, 15) is 0 Å². The number of hydrogen-bond acceptors (Lipinski definition) is 2. The molecule has 2 nitrogen and oxygen atoms in total. The molecule has 0 atom stereocenters. The first-order valence-corrected chi connectivity index (χ1v) is 3.85. The third kappa shape index (κ3) is 2.60. The number of allylic oxidation sites excluding steroid dienone is 5. The third-order valence-electron chi connectivity index (χ3n) is 1.67. The minimum Gasteiger partial charge on any atom is -0.292 e. The molecule has 1 aliphatic heterocycles. The van der Waals surface area contributed by atoms with Gasteiger partial charge in [0, 0.05) is 11.9 Å². The van der Waals surface area contributed by atoms with Crippen molar-refractivity contribution in [3.63, 3.8) is 0 Å². The molecule has 0 bridgehead atoms. The monoisotopic (exact) mass is 150 g/mol. The van der Waals surface area contributed by atoms with Crippen LogP contribution >= 0.6 is 0 Å². The quantitative estimate of drug-likeness (QED) is 0.535. The van der Waals surface area contributed by atoms with Gasteiger partial charge in [-0.2, -0.15) is 0 Å². The Hall–Kier alpha value is -1.02. The molecule has 11 heavy (non-hydrogen) atoms. The summed E-state index contributed by atoms with van der Waals surface area (Å²) in [5.74, 6) is 5.66. The first kappa shape index (κ1) is 8.08. The van der Waals surface area contributed by atoms with E-state index in [0.717, 1.165) is 18.5 Å². The topological polar surface area (TPSA) is 29.3 Å². The van der Waals surface area contributed by atoms with Gasteiger partial charge in [-0.25, -0.2) is 5.84 Å². The lowest BCUT2D eigenvalue weighted by atomic mass is 10.2. The Morgan fingerprint density at radius 3 is 3.00 bits per heavy atom. The second-order valence-electron chi connectivity index (χ2n) is 2.60. The van der Waals surface area contributed by atoms with Crippen LogP contribution in [0.1, 0.15) is 19.8 Å². The van der Waals surface area contributed by atoms with Crippen molar-refractivity contribution in [2.24, 2.45) is 5.84 Å². The maximum absolute atomic E-state index is 5.66. The lowest BCUT2D eigenvalue weighted by Gasteiger charge is -2.12. The van der Waals surface area contributed by atoms with Crippen LogP contribution < -0.4 is 5.84 Å². The third-order valence-corrected chi connectivity index (χ3v) is 1.67. The lowest BCUT2D eigenvalue weighted by Crippen LogP contribution is -2.22. The molecule has 0 radical (unpaired) electrons. The molecule has 0 saturated carbocycles. The number of rotatable bonds is 0. The molecule has 0 aromatic heterocycles. The first-order chi connectivity index (χ1) is 5.30. The fourth-order valence-electron chi connectivity index (χ4n) is 0.929. The summed E-state index contributed by atoms with van der Waals surface area (Å²) in [7, 11) is 0. The lowest BCUT2D eigenvalue weighted by molar-refractivity contribution is 0.491. The smallest absolute Gasteiger partial charge is 0.0271 e. The molecule has 0 unspecified atom stereocenters. The molecule has 0 spiro atoms. The summed E-state index contributed by atoms with van der Waals surface area (Å²) < 4.78 is 0. The SMILES string of the molecule is C/C1=C\CC/C=C/C=C\N1N. The highest BCUT2D eigenvalue weighted by atomic mass is 15.4. The Morgan fingerprint density at radius 1 is 1.36 bits per heavy atom. The Morgan fingerprint density at radius 2 is 2.18 bits per heavy atom. The molecule has 60 valence electrons. The Kier molecular flexibility index (Phi) is 2.93. The van der Waals surface area contributed by atoms with Gasteiger partial charge in [-0.3, -0.25) is 5.01 Å². The van der Waals surface area contributed by atoms with Gasteiger partial charge in [0.05, 0.1) is 0 Å². The van der Waals surface area contributed by atoms with E-state index in [1.807, 2.05) is 25.3 Å². The van der Waals surface area contributed by atoms with E-state index < -0.39 is 0 Å². The van der Waals surface area contributed by atoms with Crippen LogP contribution in [0.2, 0.25) is 0 Å².